The second kappa shape index (κ2) is 7.80. The fourth-order valence-corrected chi connectivity index (χ4v) is 3.44. The molecule has 1 saturated heterocycles. The number of anilines is 1. The number of aryl methyl sites for hydroxylation is 2. The molecule has 1 fully saturated rings. The summed E-state index contributed by atoms with van der Waals surface area (Å²) in [7, 11) is 0. The number of piperidine rings is 1. The predicted molar refractivity (Wildman–Crippen MR) is 108 cm³/mol. The lowest BCUT2D eigenvalue weighted by atomic mass is 10.1. The largest absolute Gasteiger partial charge is 0.324 e. The van der Waals surface area contributed by atoms with E-state index in [0.29, 0.717) is 13.1 Å². The first kappa shape index (κ1) is 18.2. The minimum Gasteiger partial charge on any atom is -0.324 e. The SMILES string of the molecule is Cc1ccc(NC(=O)N2CCC(n3cc(-c4ccccn4)nn3)CC2)cc1C. The number of nitrogens with zero attached hydrogens (tertiary/aromatic N) is 5. The molecule has 7 heteroatoms. The molecule has 2 amide bonds. The molecule has 1 aliphatic rings. The van der Waals surface area contributed by atoms with E-state index in [1.165, 1.54) is 11.1 Å². The standard InChI is InChI=1S/C21H24N6O/c1-15-6-7-17(13-16(15)2)23-21(28)26-11-8-18(9-12-26)27-14-20(24-25-27)19-5-3-4-10-22-19/h3-7,10,13-14,18H,8-9,11-12H2,1-2H3,(H,23,28). The summed E-state index contributed by atoms with van der Waals surface area (Å²) in [4.78, 5) is 18.7. The van der Waals surface area contributed by atoms with Gasteiger partial charge < -0.3 is 10.2 Å². The number of hydrogen-bond acceptors (Lipinski definition) is 4. The normalized spacial score (nSPS) is 14.9. The Balaban J connectivity index is 1.35. The maximum atomic E-state index is 12.6. The van der Waals surface area contributed by atoms with E-state index >= 15 is 0 Å². The van der Waals surface area contributed by atoms with Gasteiger partial charge in [-0.25, -0.2) is 9.48 Å². The number of carbonyl (C=O) groups excluding carboxylic acids is 1. The zero-order valence-corrected chi connectivity index (χ0v) is 16.2. The van der Waals surface area contributed by atoms with Crippen molar-refractivity contribution in [3.8, 4) is 11.4 Å². The van der Waals surface area contributed by atoms with Crippen LogP contribution in [0.3, 0.4) is 0 Å². The maximum absolute atomic E-state index is 12.6. The van der Waals surface area contributed by atoms with Gasteiger partial charge in [0.2, 0.25) is 0 Å². The molecule has 3 aromatic rings. The summed E-state index contributed by atoms with van der Waals surface area (Å²) in [6.45, 7) is 5.50. The molecule has 0 atom stereocenters. The van der Waals surface area contributed by atoms with Crippen molar-refractivity contribution in [2.75, 3.05) is 18.4 Å². The highest BCUT2D eigenvalue weighted by Gasteiger charge is 2.25. The molecule has 1 aromatic carbocycles. The van der Waals surface area contributed by atoms with Crippen LogP contribution in [-0.2, 0) is 0 Å². The minimum atomic E-state index is -0.0468. The van der Waals surface area contributed by atoms with Crippen LogP contribution in [0.15, 0.2) is 48.8 Å². The van der Waals surface area contributed by atoms with Gasteiger partial charge >= 0.3 is 6.03 Å². The Labute approximate surface area is 164 Å². The lowest BCUT2D eigenvalue weighted by molar-refractivity contribution is 0.179. The highest BCUT2D eigenvalue weighted by atomic mass is 16.2. The zero-order chi connectivity index (χ0) is 19.5. The molecule has 28 heavy (non-hydrogen) atoms. The van der Waals surface area contributed by atoms with Crippen LogP contribution in [-0.4, -0.2) is 44.0 Å². The topological polar surface area (TPSA) is 75.9 Å². The van der Waals surface area contributed by atoms with E-state index in [-0.39, 0.29) is 12.1 Å². The van der Waals surface area contributed by atoms with Gasteiger partial charge in [0.25, 0.3) is 0 Å². The number of aromatic nitrogens is 4. The molecule has 144 valence electrons. The van der Waals surface area contributed by atoms with Crippen molar-refractivity contribution in [3.63, 3.8) is 0 Å². The van der Waals surface area contributed by atoms with Crippen molar-refractivity contribution in [2.24, 2.45) is 0 Å². The van der Waals surface area contributed by atoms with Crippen molar-refractivity contribution in [2.45, 2.75) is 32.7 Å². The molecule has 0 bridgehead atoms. The number of likely N-dealkylation sites (tertiary alicyclic amines) is 1. The number of amides is 2. The zero-order valence-electron chi connectivity index (χ0n) is 16.2. The fraction of sp³-hybridized carbons (Fsp3) is 0.333. The predicted octanol–water partition coefficient (Wildman–Crippen LogP) is 3.83. The fourth-order valence-electron chi connectivity index (χ4n) is 3.44. The average molecular weight is 376 g/mol. The number of pyridine rings is 1. The first-order valence-electron chi connectivity index (χ1n) is 9.56. The third kappa shape index (κ3) is 3.88. The molecule has 0 unspecified atom stereocenters. The van der Waals surface area contributed by atoms with Crippen LogP contribution in [0.4, 0.5) is 10.5 Å². The molecule has 1 aliphatic heterocycles. The number of rotatable bonds is 3. The molecule has 4 rings (SSSR count). The van der Waals surface area contributed by atoms with Crippen molar-refractivity contribution < 1.29 is 4.79 Å². The summed E-state index contributed by atoms with van der Waals surface area (Å²) in [5.41, 5.74) is 4.82. The molecule has 0 saturated carbocycles. The quantitative estimate of drug-likeness (QED) is 0.754. The number of urea groups is 1. The highest BCUT2D eigenvalue weighted by molar-refractivity contribution is 5.89. The monoisotopic (exact) mass is 376 g/mol. The van der Waals surface area contributed by atoms with Crippen molar-refractivity contribution in [3.05, 3.63) is 59.9 Å². The number of benzene rings is 1. The number of hydrogen-bond donors (Lipinski definition) is 1. The highest BCUT2D eigenvalue weighted by Crippen LogP contribution is 2.24. The maximum Gasteiger partial charge on any atom is 0.321 e. The van der Waals surface area contributed by atoms with E-state index in [1.54, 1.807) is 6.20 Å². The first-order chi connectivity index (χ1) is 13.6. The van der Waals surface area contributed by atoms with Crippen molar-refractivity contribution >= 4 is 11.7 Å². The Morgan fingerprint density at radius 1 is 1.07 bits per heavy atom. The summed E-state index contributed by atoms with van der Waals surface area (Å²) >= 11 is 0. The molecular weight excluding hydrogens is 352 g/mol. The van der Waals surface area contributed by atoms with Crippen LogP contribution < -0.4 is 5.32 Å². The first-order valence-corrected chi connectivity index (χ1v) is 9.56. The number of nitrogens with one attached hydrogen (secondary N) is 1. The molecular formula is C21H24N6O. The van der Waals surface area contributed by atoms with Gasteiger partial charge in [-0.3, -0.25) is 4.98 Å². The molecule has 7 nitrogen and oxygen atoms in total. The van der Waals surface area contributed by atoms with E-state index < -0.39 is 0 Å². The Kier molecular flexibility index (Phi) is 5.06. The van der Waals surface area contributed by atoms with Crippen LogP contribution in [0.25, 0.3) is 11.4 Å². The van der Waals surface area contributed by atoms with Gasteiger partial charge in [-0.2, -0.15) is 0 Å². The van der Waals surface area contributed by atoms with Gasteiger partial charge in [-0.05, 0) is 62.1 Å². The Bertz CT molecular complexity index is 960. The van der Waals surface area contributed by atoms with E-state index in [0.717, 1.165) is 29.9 Å². The summed E-state index contributed by atoms with van der Waals surface area (Å²) in [6, 6.07) is 11.9. The van der Waals surface area contributed by atoms with Gasteiger partial charge in [0, 0.05) is 25.0 Å². The van der Waals surface area contributed by atoms with Crippen molar-refractivity contribution in [1.29, 1.82) is 0 Å². The van der Waals surface area contributed by atoms with Crippen LogP contribution in [0.2, 0.25) is 0 Å². The Morgan fingerprint density at radius 2 is 1.89 bits per heavy atom. The summed E-state index contributed by atoms with van der Waals surface area (Å²) in [6.07, 6.45) is 5.40. The lowest BCUT2D eigenvalue weighted by Crippen LogP contribution is -2.41. The van der Waals surface area contributed by atoms with Crippen LogP contribution in [0.1, 0.15) is 30.0 Å². The molecule has 3 heterocycles. The minimum absolute atomic E-state index is 0.0468. The van der Waals surface area contributed by atoms with Gasteiger partial charge in [0.1, 0.15) is 5.69 Å². The lowest BCUT2D eigenvalue weighted by Gasteiger charge is -2.31. The molecule has 1 N–H and O–H groups in total. The van der Waals surface area contributed by atoms with Crippen molar-refractivity contribution in [1.82, 2.24) is 24.9 Å². The summed E-state index contributed by atoms with van der Waals surface area (Å²) < 4.78 is 1.91. The summed E-state index contributed by atoms with van der Waals surface area (Å²) in [5.74, 6) is 0. The molecule has 0 aliphatic carbocycles. The van der Waals surface area contributed by atoms with Crippen LogP contribution in [0, 0.1) is 13.8 Å². The average Bonchev–Trinajstić information content (AvgIpc) is 3.22. The van der Waals surface area contributed by atoms with Gasteiger partial charge in [0.15, 0.2) is 0 Å². The van der Waals surface area contributed by atoms with Gasteiger partial charge in [0.05, 0.1) is 17.9 Å². The van der Waals surface area contributed by atoms with Crippen LogP contribution in [0.5, 0.6) is 0 Å². The van der Waals surface area contributed by atoms with Crippen LogP contribution >= 0.6 is 0 Å². The van der Waals surface area contributed by atoms with E-state index in [2.05, 4.69) is 27.5 Å². The second-order valence-electron chi connectivity index (χ2n) is 7.25. The third-order valence-electron chi connectivity index (χ3n) is 5.32. The molecule has 0 radical (unpaired) electrons. The Morgan fingerprint density at radius 3 is 2.61 bits per heavy atom. The summed E-state index contributed by atoms with van der Waals surface area (Å²) in [5, 5.41) is 11.5. The van der Waals surface area contributed by atoms with Gasteiger partial charge in [-0.1, -0.05) is 17.3 Å². The smallest absolute Gasteiger partial charge is 0.321 e. The van der Waals surface area contributed by atoms with E-state index in [4.69, 9.17) is 0 Å². The number of carbonyl (C=O) groups is 1. The molecule has 0 spiro atoms. The van der Waals surface area contributed by atoms with E-state index in [9.17, 15) is 4.79 Å². The third-order valence-corrected chi connectivity index (χ3v) is 5.32. The van der Waals surface area contributed by atoms with Gasteiger partial charge in [-0.15, -0.1) is 5.10 Å². The Hall–Kier alpha value is -3.22. The second-order valence-corrected chi connectivity index (χ2v) is 7.25. The molecule has 2 aromatic heterocycles. The van der Waals surface area contributed by atoms with E-state index in [1.807, 2.05) is 59.1 Å².